The van der Waals surface area contributed by atoms with Crippen LogP contribution in [0.2, 0.25) is 0 Å². The number of hydrogen-bond acceptors (Lipinski definition) is 5. The molecular formula is C14H20NO4P. The van der Waals surface area contributed by atoms with Crippen LogP contribution in [0, 0.1) is 0 Å². The first-order valence-electron chi connectivity index (χ1n) is 6.38. The number of carbonyl (C=O) groups excluding carboxylic acids is 1. The molecule has 0 saturated heterocycles. The third-order valence-corrected chi connectivity index (χ3v) is 3.34. The van der Waals surface area contributed by atoms with E-state index in [1.807, 2.05) is 30.3 Å². The minimum atomic E-state index is -2.09. The summed E-state index contributed by atoms with van der Waals surface area (Å²) in [6.07, 6.45) is 1.07. The molecule has 110 valence electrons. The summed E-state index contributed by atoms with van der Waals surface area (Å²) >= 11 is 0. The third kappa shape index (κ3) is 6.04. The highest BCUT2D eigenvalue weighted by Gasteiger charge is 2.13. The number of aliphatic hydroxyl groups excluding tert-OH is 1. The van der Waals surface area contributed by atoms with E-state index >= 15 is 0 Å². The molecule has 2 N–H and O–H groups in total. The van der Waals surface area contributed by atoms with Crippen molar-refractivity contribution in [2.24, 2.45) is 0 Å². The van der Waals surface area contributed by atoms with Gasteiger partial charge in [0.1, 0.15) is 13.5 Å². The quantitative estimate of drug-likeness (QED) is 0.459. The molecule has 0 saturated carbocycles. The number of anilines is 1. The molecule has 0 heterocycles. The number of carbonyl (C=O) groups is 1. The van der Waals surface area contributed by atoms with Gasteiger partial charge in [0.25, 0.3) is 0 Å². The molecule has 0 radical (unpaired) electrons. The lowest BCUT2D eigenvalue weighted by Gasteiger charge is -2.13. The molecular weight excluding hydrogens is 277 g/mol. The zero-order chi connectivity index (χ0) is 15.0. The molecule has 6 heteroatoms. The Labute approximate surface area is 119 Å². The monoisotopic (exact) mass is 297 g/mol. The maximum atomic E-state index is 12.0. The van der Waals surface area contributed by atoms with Crippen LogP contribution >= 0.6 is 7.80 Å². The highest BCUT2D eigenvalue weighted by atomic mass is 31.1. The number of hydrogen-bond donors (Lipinski definition) is 2. The van der Waals surface area contributed by atoms with Gasteiger partial charge in [-0.1, -0.05) is 18.2 Å². The van der Waals surface area contributed by atoms with Crippen molar-refractivity contribution >= 4 is 19.5 Å². The van der Waals surface area contributed by atoms with E-state index in [9.17, 15) is 9.36 Å². The summed E-state index contributed by atoms with van der Waals surface area (Å²) in [5.74, 6) is -0.503. The highest BCUT2D eigenvalue weighted by molar-refractivity contribution is 7.44. The number of rotatable bonds is 7. The Balaban J connectivity index is 2.83. The molecule has 1 atom stereocenters. The average molecular weight is 297 g/mol. The standard InChI is InChI=1S/C14H20NO4P/c1-11(2)19-14(17)13(8-9-20(18)10-16)15-12-6-4-3-5-7-12/h3-8,11,15-16,20H,9-10H2,1-2H3. The molecule has 1 rings (SSSR count). The van der Waals surface area contributed by atoms with E-state index in [-0.39, 0.29) is 24.3 Å². The Bertz CT molecular complexity index is 485. The van der Waals surface area contributed by atoms with E-state index in [0.717, 1.165) is 5.69 Å². The number of aliphatic hydroxyl groups is 1. The van der Waals surface area contributed by atoms with Crippen LogP contribution < -0.4 is 5.32 Å². The van der Waals surface area contributed by atoms with Gasteiger partial charge in [-0.2, -0.15) is 0 Å². The van der Waals surface area contributed by atoms with E-state index in [1.54, 1.807) is 13.8 Å². The molecule has 20 heavy (non-hydrogen) atoms. The second-order valence-corrected chi connectivity index (χ2v) is 6.27. The Morgan fingerprint density at radius 3 is 2.60 bits per heavy atom. The van der Waals surface area contributed by atoms with Crippen molar-refractivity contribution in [3.05, 3.63) is 42.1 Å². The van der Waals surface area contributed by atoms with Crippen molar-refractivity contribution in [2.45, 2.75) is 20.0 Å². The summed E-state index contributed by atoms with van der Waals surface area (Å²) in [7, 11) is -2.09. The van der Waals surface area contributed by atoms with Crippen molar-refractivity contribution < 1.29 is 19.2 Å². The van der Waals surface area contributed by atoms with Gasteiger partial charge in [0.2, 0.25) is 0 Å². The van der Waals surface area contributed by atoms with Gasteiger partial charge in [0.15, 0.2) is 0 Å². The molecule has 0 aliphatic carbocycles. The van der Waals surface area contributed by atoms with Crippen molar-refractivity contribution in [1.29, 1.82) is 0 Å². The summed E-state index contributed by atoms with van der Waals surface area (Å²) in [6.45, 7) is 3.52. The first-order valence-corrected chi connectivity index (χ1v) is 8.21. The Morgan fingerprint density at radius 1 is 1.40 bits per heavy atom. The van der Waals surface area contributed by atoms with Gasteiger partial charge in [-0.05, 0) is 32.1 Å². The maximum Gasteiger partial charge on any atom is 0.354 e. The average Bonchev–Trinajstić information content (AvgIpc) is 2.43. The molecule has 0 bridgehead atoms. The van der Waals surface area contributed by atoms with Crippen LogP contribution in [-0.2, 0) is 14.1 Å². The SMILES string of the molecule is CC(C)OC(=O)C(=CC[PH](=O)CO)Nc1ccccc1. The molecule has 0 aliphatic rings. The largest absolute Gasteiger partial charge is 0.458 e. The van der Waals surface area contributed by atoms with Crippen LogP contribution in [0.25, 0.3) is 0 Å². The highest BCUT2D eigenvalue weighted by Crippen LogP contribution is 2.19. The lowest BCUT2D eigenvalue weighted by molar-refractivity contribution is -0.142. The smallest absolute Gasteiger partial charge is 0.354 e. The molecule has 1 aromatic rings. The fraction of sp³-hybridized carbons (Fsp3) is 0.357. The summed E-state index contributed by atoms with van der Waals surface area (Å²) < 4.78 is 16.5. The van der Waals surface area contributed by atoms with Crippen LogP contribution in [-0.4, -0.2) is 29.7 Å². The topological polar surface area (TPSA) is 75.6 Å². The molecule has 0 amide bonds. The van der Waals surface area contributed by atoms with Crippen molar-refractivity contribution in [3.8, 4) is 0 Å². The molecule has 0 spiro atoms. The lowest BCUT2D eigenvalue weighted by Crippen LogP contribution is -2.18. The zero-order valence-electron chi connectivity index (χ0n) is 11.6. The molecule has 0 aromatic heterocycles. The molecule has 1 aromatic carbocycles. The summed E-state index contributed by atoms with van der Waals surface area (Å²) in [5.41, 5.74) is 0.972. The lowest BCUT2D eigenvalue weighted by atomic mass is 10.3. The van der Waals surface area contributed by atoms with E-state index in [1.165, 1.54) is 6.08 Å². The number of esters is 1. The first kappa shape index (κ1) is 16.5. The predicted octanol–water partition coefficient (Wildman–Crippen LogP) is 2.44. The Hall–Kier alpha value is -1.58. The van der Waals surface area contributed by atoms with E-state index in [0.29, 0.717) is 0 Å². The normalized spacial score (nSPS) is 13.1. The van der Waals surface area contributed by atoms with Gasteiger partial charge in [0.05, 0.1) is 12.5 Å². The van der Waals surface area contributed by atoms with Crippen LogP contribution in [0.15, 0.2) is 42.1 Å². The van der Waals surface area contributed by atoms with Gasteiger partial charge in [-0.3, -0.25) is 0 Å². The van der Waals surface area contributed by atoms with Gasteiger partial charge >= 0.3 is 5.97 Å². The number of ether oxygens (including phenoxy) is 1. The number of nitrogens with one attached hydrogen (secondary N) is 1. The van der Waals surface area contributed by atoms with Crippen LogP contribution in [0.1, 0.15) is 13.8 Å². The van der Waals surface area contributed by atoms with Gasteiger partial charge in [-0.15, -0.1) is 0 Å². The Kier molecular flexibility index (Phi) is 7.05. The number of allylic oxidation sites excluding steroid dienone is 1. The predicted molar refractivity (Wildman–Crippen MR) is 80.3 cm³/mol. The summed E-state index contributed by atoms with van der Waals surface area (Å²) in [4.78, 5) is 12.0. The molecule has 5 nitrogen and oxygen atoms in total. The van der Waals surface area contributed by atoms with Gasteiger partial charge < -0.3 is 19.7 Å². The van der Waals surface area contributed by atoms with Crippen molar-refractivity contribution in [3.63, 3.8) is 0 Å². The van der Waals surface area contributed by atoms with Gasteiger partial charge in [-0.25, -0.2) is 4.79 Å². The molecule has 0 aliphatic heterocycles. The summed E-state index contributed by atoms with van der Waals surface area (Å²) in [6, 6.07) is 9.16. The van der Waals surface area contributed by atoms with E-state index < -0.39 is 13.8 Å². The maximum absolute atomic E-state index is 12.0. The minimum Gasteiger partial charge on any atom is -0.458 e. The molecule has 0 fully saturated rings. The van der Waals surface area contributed by atoms with E-state index in [4.69, 9.17) is 9.84 Å². The second-order valence-electron chi connectivity index (χ2n) is 4.46. The van der Waals surface area contributed by atoms with Crippen LogP contribution in [0.5, 0.6) is 0 Å². The Morgan fingerprint density at radius 2 is 2.05 bits per heavy atom. The number of benzene rings is 1. The zero-order valence-corrected chi connectivity index (χ0v) is 12.6. The van der Waals surface area contributed by atoms with Crippen molar-refractivity contribution in [2.75, 3.05) is 17.8 Å². The molecule has 1 unspecified atom stereocenters. The first-order chi connectivity index (χ1) is 9.52. The van der Waals surface area contributed by atoms with E-state index in [2.05, 4.69) is 5.32 Å². The fourth-order valence-electron chi connectivity index (χ4n) is 1.42. The fourth-order valence-corrected chi connectivity index (χ4v) is 1.98. The number of para-hydroxylation sites is 1. The summed E-state index contributed by atoms with van der Waals surface area (Å²) in [5, 5.41) is 11.7. The third-order valence-electron chi connectivity index (χ3n) is 2.33. The van der Waals surface area contributed by atoms with Crippen LogP contribution in [0.3, 0.4) is 0 Å². The van der Waals surface area contributed by atoms with Crippen molar-refractivity contribution in [1.82, 2.24) is 0 Å². The second kappa shape index (κ2) is 8.56. The minimum absolute atomic E-state index is 0.156. The van der Waals surface area contributed by atoms with Gasteiger partial charge in [0, 0.05) is 11.8 Å². The van der Waals surface area contributed by atoms with Crippen LogP contribution in [0.4, 0.5) is 5.69 Å².